The summed E-state index contributed by atoms with van der Waals surface area (Å²) < 4.78 is 28.7. The molecular weight excluding hydrogens is 388 g/mol. The fourth-order valence-corrected chi connectivity index (χ4v) is 4.99. The lowest BCUT2D eigenvalue weighted by molar-refractivity contribution is -0.134. The zero-order valence-electron chi connectivity index (χ0n) is 16.9. The first-order valence-corrected chi connectivity index (χ1v) is 11.8. The summed E-state index contributed by atoms with van der Waals surface area (Å²) in [6.07, 6.45) is 3.37. The molecule has 1 aliphatic heterocycles. The second-order valence-electron chi connectivity index (χ2n) is 7.91. The van der Waals surface area contributed by atoms with E-state index in [1.807, 2.05) is 24.3 Å². The fraction of sp³-hybridized carbons (Fsp3) is 0.500. The minimum atomic E-state index is -3.84. The van der Waals surface area contributed by atoms with Crippen molar-refractivity contribution in [1.29, 1.82) is 0 Å². The van der Waals surface area contributed by atoms with Crippen LogP contribution in [-0.4, -0.2) is 50.1 Å². The van der Waals surface area contributed by atoms with Gasteiger partial charge in [0.15, 0.2) is 0 Å². The number of hydrogen-bond donors (Lipinski definition) is 2. The van der Waals surface area contributed by atoms with Crippen LogP contribution >= 0.6 is 0 Å². The summed E-state index contributed by atoms with van der Waals surface area (Å²) in [6.45, 7) is 3.52. The number of nitrogens with one attached hydrogen (secondary N) is 1. The highest BCUT2D eigenvalue weighted by Crippen LogP contribution is 2.21. The molecule has 2 N–H and O–H groups in total. The summed E-state index contributed by atoms with van der Waals surface area (Å²) in [5, 5.41) is 10.9. The molecule has 2 aromatic carbocycles. The summed E-state index contributed by atoms with van der Waals surface area (Å²) in [5.74, 6) is 0.417. The predicted molar refractivity (Wildman–Crippen MR) is 114 cm³/mol. The highest BCUT2D eigenvalue weighted by Gasteiger charge is 2.30. The van der Waals surface area contributed by atoms with Gasteiger partial charge in [-0.25, -0.2) is 8.42 Å². The molecule has 0 unspecified atom stereocenters. The SMILES string of the molecule is CC1CCN(C(=O)[C@H](CCCCO)NS(=O)(=O)c2ccc3ccccc3c2)CC1. The Morgan fingerprint density at radius 1 is 1.14 bits per heavy atom. The smallest absolute Gasteiger partial charge is 0.241 e. The van der Waals surface area contributed by atoms with E-state index in [0.717, 1.165) is 23.6 Å². The maximum absolute atomic E-state index is 13.1. The average Bonchev–Trinajstić information content (AvgIpc) is 2.73. The van der Waals surface area contributed by atoms with E-state index in [1.54, 1.807) is 23.1 Å². The van der Waals surface area contributed by atoms with Crippen molar-refractivity contribution in [2.24, 2.45) is 5.92 Å². The maximum atomic E-state index is 13.1. The van der Waals surface area contributed by atoms with Gasteiger partial charge in [0.25, 0.3) is 0 Å². The standard InChI is InChI=1S/C22H30N2O4S/c1-17-11-13-24(14-12-17)22(26)21(8-4-5-15-25)23-29(27,28)20-10-9-18-6-2-3-7-19(18)16-20/h2-3,6-7,9-10,16-17,21,23,25H,4-5,8,11-15H2,1H3/t21-/m0/s1. The number of fused-ring (bicyclic) bond motifs is 1. The van der Waals surface area contributed by atoms with Crippen LogP contribution < -0.4 is 4.72 Å². The number of carbonyl (C=O) groups is 1. The lowest BCUT2D eigenvalue weighted by Crippen LogP contribution is -2.50. The minimum absolute atomic E-state index is 0.0273. The van der Waals surface area contributed by atoms with Gasteiger partial charge in [-0.05, 0) is 60.9 Å². The first-order chi connectivity index (χ1) is 13.9. The number of carbonyl (C=O) groups excluding carboxylic acids is 1. The highest BCUT2D eigenvalue weighted by atomic mass is 32.2. The molecule has 1 aliphatic rings. The van der Waals surface area contributed by atoms with Gasteiger partial charge in [-0.3, -0.25) is 4.79 Å². The molecule has 3 rings (SSSR count). The van der Waals surface area contributed by atoms with E-state index in [1.165, 1.54) is 0 Å². The Labute approximate surface area is 173 Å². The number of hydrogen-bond acceptors (Lipinski definition) is 4. The van der Waals surface area contributed by atoms with Gasteiger partial charge in [-0.2, -0.15) is 4.72 Å². The fourth-order valence-electron chi connectivity index (χ4n) is 3.73. The second kappa shape index (κ2) is 9.69. The largest absolute Gasteiger partial charge is 0.396 e. The third-order valence-electron chi connectivity index (χ3n) is 5.62. The molecule has 1 heterocycles. The lowest BCUT2D eigenvalue weighted by atomic mass is 9.98. The van der Waals surface area contributed by atoms with Crippen LogP contribution in [0.25, 0.3) is 10.8 Å². The number of aliphatic hydroxyl groups excluding tert-OH is 1. The van der Waals surface area contributed by atoms with E-state index >= 15 is 0 Å². The van der Waals surface area contributed by atoms with Crippen molar-refractivity contribution in [3.8, 4) is 0 Å². The summed E-state index contributed by atoms with van der Waals surface area (Å²) in [7, 11) is -3.84. The van der Waals surface area contributed by atoms with E-state index in [9.17, 15) is 13.2 Å². The Bertz CT molecular complexity index is 937. The van der Waals surface area contributed by atoms with E-state index in [2.05, 4.69) is 11.6 Å². The molecule has 0 radical (unpaired) electrons. The molecule has 1 amide bonds. The normalized spacial score (nSPS) is 16.8. The molecule has 1 saturated heterocycles. The molecule has 6 nitrogen and oxygen atoms in total. The van der Waals surface area contributed by atoms with Gasteiger partial charge < -0.3 is 10.0 Å². The van der Waals surface area contributed by atoms with Gasteiger partial charge in [0.2, 0.25) is 15.9 Å². The molecule has 7 heteroatoms. The Morgan fingerprint density at radius 3 is 2.52 bits per heavy atom. The van der Waals surface area contributed by atoms with E-state index in [-0.39, 0.29) is 17.4 Å². The maximum Gasteiger partial charge on any atom is 0.241 e. The summed E-state index contributed by atoms with van der Waals surface area (Å²) >= 11 is 0. The minimum Gasteiger partial charge on any atom is -0.396 e. The monoisotopic (exact) mass is 418 g/mol. The van der Waals surface area contributed by atoms with Gasteiger partial charge in [-0.1, -0.05) is 37.3 Å². The highest BCUT2D eigenvalue weighted by molar-refractivity contribution is 7.89. The molecule has 29 heavy (non-hydrogen) atoms. The number of nitrogens with zero attached hydrogens (tertiary/aromatic N) is 1. The number of piperidine rings is 1. The Hall–Kier alpha value is -1.96. The quantitative estimate of drug-likeness (QED) is 0.646. The van der Waals surface area contributed by atoms with Gasteiger partial charge in [0, 0.05) is 19.7 Å². The number of rotatable bonds is 8. The van der Waals surface area contributed by atoms with Crippen molar-refractivity contribution in [1.82, 2.24) is 9.62 Å². The zero-order chi connectivity index (χ0) is 20.9. The number of aliphatic hydroxyl groups is 1. The summed E-state index contributed by atoms with van der Waals surface area (Å²) in [4.78, 5) is 15.0. The molecule has 1 atom stereocenters. The zero-order valence-corrected chi connectivity index (χ0v) is 17.7. The molecule has 1 fully saturated rings. The van der Waals surface area contributed by atoms with Crippen molar-refractivity contribution in [2.45, 2.75) is 50.0 Å². The van der Waals surface area contributed by atoms with Crippen LogP contribution in [0.1, 0.15) is 39.0 Å². The number of sulfonamides is 1. The lowest BCUT2D eigenvalue weighted by Gasteiger charge is -2.33. The van der Waals surface area contributed by atoms with Gasteiger partial charge in [0.1, 0.15) is 6.04 Å². The Kier molecular flexibility index (Phi) is 7.27. The Balaban J connectivity index is 1.79. The molecule has 0 bridgehead atoms. The van der Waals surface area contributed by atoms with Crippen molar-refractivity contribution in [2.75, 3.05) is 19.7 Å². The van der Waals surface area contributed by atoms with Crippen LogP contribution in [0.4, 0.5) is 0 Å². The van der Waals surface area contributed by atoms with Gasteiger partial charge in [0.05, 0.1) is 4.90 Å². The van der Waals surface area contributed by atoms with Crippen molar-refractivity contribution in [3.63, 3.8) is 0 Å². The first kappa shape index (κ1) is 21.7. The van der Waals surface area contributed by atoms with Crippen LogP contribution in [0.2, 0.25) is 0 Å². The average molecular weight is 419 g/mol. The van der Waals surface area contributed by atoms with Crippen LogP contribution in [0.3, 0.4) is 0 Å². The van der Waals surface area contributed by atoms with Crippen molar-refractivity contribution in [3.05, 3.63) is 42.5 Å². The molecule has 2 aromatic rings. The predicted octanol–water partition coefficient (Wildman–Crippen LogP) is 2.91. The third-order valence-corrected chi connectivity index (χ3v) is 7.09. The van der Waals surface area contributed by atoms with Crippen LogP contribution in [0.5, 0.6) is 0 Å². The third kappa shape index (κ3) is 5.56. The second-order valence-corrected chi connectivity index (χ2v) is 9.62. The first-order valence-electron chi connectivity index (χ1n) is 10.3. The van der Waals surface area contributed by atoms with Crippen molar-refractivity contribution >= 4 is 26.7 Å². The van der Waals surface area contributed by atoms with E-state index < -0.39 is 16.1 Å². The molecule has 158 valence electrons. The number of amides is 1. The van der Waals surface area contributed by atoms with Gasteiger partial charge >= 0.3 is 0 Å². The van der Waals surface area contributed by atoms with E-state index in [4.69, 9.17) is 5.11 Å². The number of benzene rings is 2. The van der Waals surface area contributed by atoms with Crippen molar-refractivity contribution < 1.29 is 18.3 Å². The van der Waals surface area contributed by atoms with Gasteiger partial charge in [-0.15, -0.1) is 0 Å². The molecule has 0 aliphatic carbocycles. The Morgan fingerprint density at radius 2 is 1.83 bits per heavy atom. The summed E-state index contributed by atoms with van der Waals surface area (Å²) in [6, 6.07) is 11.7. The molecular formula is C22H30N2O4S. The summed E-state index contributed by atoms with van der Waals surface area (Å²) in [5.41, 5.74) is 0. The molecule has 0 spiro atoms. The molecule has 0 aromatic heterocycles. The molecule has 0 saturated carbocycles. The topological polar surface area (TPSA) is 86.7 Å². The van der Waals surface area contributed by atoms with E-state index in [0.29, 0.717) is 38.3 Å². The van der Waals surface area contributed by atoms with Crippen LogP contribution in [-0.2, 0) is 14.8 Å². The van der Waals surface area contributed by atoms with Crippen LogP contribution in [0.15, 0.2) is 47.4 Å². The number of unbranched alkanes of at least 4 members (excludes halogenated alkanes) is 1. The number of likely N-dealkylation sites (tertiary alicyclic amines) is 1. The van der Waals surface area contributed by atoms with Crippen LogP contribution in [0, 0.1) is 5.92 Å².